The molecule has 1 aliphatic heterocycles. The molecule has 0 radical (unpaired) electrons. The number of carbonyl (C=O) groups is 2. The average molecular weight is 463 g/mol. The lowest BCUT2D eigenvalue weighted by atomic mass is 10.1. The number of aromatic nitrogens is 2. The van der Waals surface area contributed by atoms with Gasteiger partial charge in [-0.05, 0) is 48.0 Å². The fourth-order valence-electron chi connectivity index (χ4n) is 4.06. The first kappa shape index (κ1) is 21.1. The number of thioether (sulfide) groups is 1. The Bertz CT molecular complexity index is 1400. The zero-order valence-corrected chi connectivity index (χ0v) is 19.0. The SMILES string of the molecule is Cn1c(=O)n(C)c2cc(NC(=O)c3ccc([C@@H]4SCC(=O)N4Cc4ccco4)cc3)ccc21. The van der Waals surface area contributed by atoms with Crippen molar-refractivity contribution in [1.29, 1.82) is 0 Å². The monoisotopic (exact) mass is 462 g/mol. The second kappa shape index (κ2) is 8.32. The molecule has 0 aliphatic carbocycles. The highest BCUT2D eigenvalue weighted by molar-refractivity contribution is 8.00. The van der Waals surface area contributed by atoms with Crippen LogP contribution in [-0.4, -0.2) is 31.6 Å². The van der Waals surface area contributed by atoms with Gasteiger partial charge < -0.3 is 14.6 Å². The normalized spacial score (nSPS) is 16.0. The standard InChI is InChI=1S/C24H22N4O4S/c1-26-19-10-9-17(12-20(19)27(2)24(26)31)25-22(30)15-5-7-16(8-6-15)23-28(21(29)14-33-23)13-18-4-3-11-32-18/h3-12,23H,13-14H2,1-2H3,(H,25,30)/t23-/m0/s1. The molecular weight excluding hydrogens is 440 g/mol. The smallest absolute Gasteiger partial charge is 0.328 e. The van der Waals surface area contributed by atoms with Gasteiger partial charge in [-0.15, -0.1) is 11.8 Å². The van der Waals surface area contributed by atoms with E-state index in [1.54, 1.807) is 76.5 Å². The lowest BCUT2D eigenvalue weighted by molar-refractivity contribution is -0.128. The van der Waals surface area contributed by atoms with Crippen molar-refractivity contribution in [3.63, 3.8) is 0 Å². The van der Waals surface area contributed by atoms with E-state index in [-0.39, 0.29) is 22.9 Å². The Morgan fingerprint density at radius 3 is 2.55 bits per heavy atom. The zero-order chi connectivity index (χ0) is 23.1. The quantitative estimate of drug-likeness (QED) is 0.490. The van der Waals surface area contributed by atoms with Crippen LogP contribution in [0.5, 0.6) is 0 Å². The molecule has 1 saturated heterocycles. The first-order chi connectivity index (χ1) is 15.9. The Morgan fingerprint density at radius 1 is 1.06 bits per heavy atom. The van der Waals surface area contributed by atoms with Crippen LogP contribution >= 0.6 is 11.8 Å². The highest BCUT2D eigenvalue weighted by Gasteiger charge is 2.33. The Kier molecular flexibility index (Phi) is 5.33. The van der Waals surface area contributed by atoms with Crippen molar-refractivity contribution < 1.29 is 14.0 Å². The highest BCUT2D eigenvalue weighted by atomic mass is 32.2. The second-order valence-corrected chi connectivity index (χ2v) is 9.01. The molecule has 1 atom stereocenters. The van der Waals surface area contributed by atoms with Crippen molar-refractivity contribution in [2.45, 2.75) is 11.9 Å². The lowest BCUT2D eigenvalue weighted by Crippen LogP contribution is -2.27. The summed E-state index contributed by atoms with van der Waals surface area (Å²) in [6.07, 6.45) is 1.60. The Labute approximate surface area is 193 Å². The summed E-state index contributed by atoms with van der Waals surface area (Å²) in [5.74, 6) is 0.969. The van der Waals surface area contributed by atoms with Gasteiger partial charge in [0.1, 0.15) is 11.1 Å². The number of anilines is 1. The fourth-order valence-corrected chi connectivity index (χ4v) is 5.25. The number of benzene rings is 2. The van der Waals surface area contributed by atoms with Crippen molar-refractivity contribution in [2.24, 2.45) is 14.1 Å². The van der Waals surface area contributed by atoms with Crippen LogP contribution in [0.15, 0.2) is 70.1 Å². The molecule has 1 fully saturated rings. The molecule has 0 saturated carbocycles. The van der Waals surface area contributed by atoms with Gasteiger partial charge in [-0.25, -0.2) is 4.79 Å². The van der Waals surface area contributed by atoms with Crippen molar-refractivity contribution >= 4 is 40.3 Å². The van der Waals surface area contributed by atoms with Gasteiger partial charge in [-0.1, -0.05) is 12.1 Å². The van der Waals surface area contributed by atoms with E-state index in [4.69, 9.17) is 4.42 Å². The number of rotatable bonds is 5. The number of hydrogen-bond acceptors (Lipinski definition) is 5. The average Bonchev–Trinajstić information content (AvgIpc) is 3.52. The first-order valence-corrected chi connectivity index (χ1v) is 11.5. The van der Waals surface area contributed by atoms with E-state index in [1.165, 1.54) is 0 Å². The van der Waals surface area contributed by atoms with Crippen LogP contribution in [0.1, 0.15) is 27.1 Å². The number of nitrogens with one attached hydrogen (secondary N) is 1. The Morgan fingerprint density at radius 2 is 1.82 bits per heavy atom. The van der Waals surface area contributed by atoms with E-state index in [0.29, 0.717) is 23.5 Å². The fraction of sp³-hybridized carbons (Fsp3) is 0.208. The van der Waals surface area contributed by atoms with Crippen molar-refractivity contribution in [3.8, 4) is 0 Å². The van der Waals surface area contributed by atoms with Crippen molar-refractivity contribution in [2.75, 3.05) is 11.1 Å². The number of amides is 2. The van der Waals surface area contributed by atoms with Gasteiger partial charge in [0.2, 0.25) is 5.91 Å². The van der Waals surface area contributed by atoms with Crippen LogP contribution in [0.3, 0.4) is 0 Å². The predicted octanol–water partition coefficient (Wildman–Crippen LogP) is 3.50. The van der Waals surface area contributed by atoms with Crippen LogP contribution in [0, 0.1) is 0 Å². The van der Waals surface area contributed by atoms with Gasteiger partial charge >= 0.3 is 5.69 Å². The van der Waals surface area contributed by atoms with E-state index in [9.17, 15) is 14.4 Å². The molecule has 8 nitrogen and oxygen atoms in total. The third-order valence-corrected chi connectivity index (χ3v) is 7.12. The highest BCUT2D eigenvalue weighted by Crippen LogP contribution is 2.39. The molecule has 5 rings (SSSR count). The van der Waals surface area contributed by atoms with E-state index in [2.05, 4.69) is 5.32 Å². The molecule has 2 aromatic carbocycles. The number of carbonyl (C=O) groups excluding carboxylic acids is 2. The summed E-state index contributed by atoms with van der Waals surface area (Å²) in [7, 11) is 3.42. The maximum Gasteiger partial charge on any atom is 0.328 e. The summed E-state index contributed by atoms with van der Waals surface area (Å²) in [4.78, 5) is 39.1. The Hall–Kier alpha value is -3.72. The van der Waals surface area contributed by atoms with Crippen molar-refractivity contribution in [1.82, 2.24) is 14.0 Å². The van der Waals surface area contributed by atoms with Crippen LogP contribution in [0.4, 0.5) is 5.69 Å². The molecule has 3 heterocycles. The molecule has 168 valence electrons. The number of fused-ring (bicyclic) bond motifs is 1. The maximum absolute atomic E-state index is 12.8. The summed E-state index contributed by atoms with van der Waals surface area (Å²) in [5, 5.41) is 2.77. The van der Waals surface area contributed by atoms with Gasteiger partial charge in [0, 0.05) is 25.3 Å². The minimum atomic E-state index is -0.246. The molecule has 0 spiro atoms. The predicted molar refractivity (Wildman–Crippen MR) is 127 cm³/mol. The molecule has 33 heavy (non-hydrogen) atoms. The third kappa shape index (κ3) is 3.84. The first-order valence-electron chi connectivity index (χ1n) is 10.4. The number of aryl methyl sites for hydroxylation is 2. The lowest BCUT2D eigenvalue weighted by Gasteiger charge is -2.23. The number of imidazole rings is 1. The zero-order valence-electron chi connectivity index (χ0n) is 18.1. The van der Waals surface area contributed by atoms with Crippen LogP contribution < -0.4 is 11.0 Å². The summed E-state index contributed by atoms with van der Waals surface area (Å²) in [6, 6.07) is 16.3. The van der Waals surface area contributed by atoms with E-state index < -0.39 is 0 Å². The molecule has 4 aromatic rings. The van der Waals surface area contributed by atoms with Crippen LogP contribution in [0.25, 0.3) is 11.0 Å². The number of furan rings is 1. The van der Waals surface area contributed by atoms with Crippen LogP contribution in [-0.2, 0) is 25.4 Å². The van der Waals surface area contributed by atoms with Gasteiger partial charge in [-0.3, -0.25) is 18.7 Å². The third-order valence-electron chi connectivity index (χ3n) is 5.86. The molecule has 1 aliphatic rings. The second-order valence-electron chi connectivity index (χ2n) is 7.94. The number of hydrogen-bond donors (Lipinski definition) is 1. The van der Waals surface area contributed by atoms with Gasteiger partial charge in [0.15, 0.2) is 0 Å². The summed E-state index contributed by atoms with van der Waals surface area (Å²) < 4.78 is 8.52. The van der Waals surface area contributed by atoms with E-state index >= 15 is 0 Å². The van der Waals surface area contributed by atoms with Crippen LogP contribution in [0.2, 0.25) is 0 Å². The molecule has 2 amide bonds. The van der Waals surface area contributed by atoms with E-state index in [0.717, 1.165) is 22.4 Å². The summed E-state index contributed by atoms with van der Waals surface area (Å²) in [6.45, 7) is 0.413. The molecular formula is C24H22N4O4S. The summed E-state index contributed by atoms with van der Waals surface area (Å²) >= 11 is 1.56. The molecule has 2 aromatic heterocycles. The largest absolute Gasteiger partial charge is 0.467 e. The molecule has 9 heteroatoms. The van der Waals surface area contributed by atoms with Gasteiger partial charge in [-0.2, -0.15) is 0 Å². The minimum absolute atomic E-state index is 0.0638. The minimum Gasteiger partial charge on any atom is -0.467 e. The summed E-state index contributed by atoms with van der Waals surface area (Å²) in [5.41, 5.74) is 3.50. The topological polar surface area (TPSA) is 89.5 Å². The molecule has 0 unspecified atom stereocenters. The maximum atomic E-state index is 12.8. The van der Waals surface area contributed by atoms with Gasteiger partial charge in [0.05, 0.1) is 29.6 Å². The van der Waals surface area contributed by atoms with Crippen molar-refractivity contribution in [3.05, 3.63) is 88.2 Å². The molecule has 1 N–H and O–H groups in total. The van der Waals surface area contributed by atoms with E-state index in [1.807, 2.05) is 24.3 Å². The van der Waals surface area contributed by atoms with Gasteiger partial charge in [0.25, 0.3) is 5.91 Å². The molecule has 0 bridgehead atoms. The Balaban J connectivity index is 1.32. The number of nitrogens with zero attached hydrogens (tertiary/aromatic N) is 3.